The summed E-state index contributed by atoms with van der Waals surface area (Å²) in [6.45, 7) is 11.6. The molecule has 0 heterocycles. The molecule has 14 nitrogen and oxygen atoms in total. The van der Waals surface area contributed by atoms with Crippen molar-refractivity contribution in [3.63, 3.8) is 0 Å². The van der Waals surface area contributed by atoms with E-state index in [4.69, 9.17) is 28.4 Å². The van der Waals surface area contributed by atoms with Gasteiger partial charge in [-0.2, -0.15) is 20.5 Å². The number of ether oxygens (including phenoxy) is 6. The van der Waals surface area contributed by atoms with Gasteiger partial charge in [0.1, 0.15) is 23.0 Å². The van der Waals surface area contributed by atoms with E-state index in [9.17, 15) is 19.2 Å². The van der Waals surface area contributed by atoms with Crippen LogP contribution in [0, 0.1) is 0 Å². The van der Waals surface area contributed by atoms with Crippen LogP contribution in [0.15, 0.2) is 148 Å². The number of rotatable bonds is 39. The molecule has 0 fully saturated rings. The maximum atomic E-state index is 13.5. The molecule has 0 bridgehead atoms. The number of azo groups is 2. The Morgan fingerprint density at radius 2 is 0.671 bits per heavy atom. The van der Waals surface area contributed by atoms with Crippen LogP contribution in [0.4, 0.5) is 22.7 Å². The Morgan fingerprint density at radius 3 is 1.03 bits per heavy atom. The van der Waals surface area contributed by atoms with E-state index in [1.807, 2.05) is 48.5 Å². The summed E-state index contributed by atoms with van der Waals surface area (Å²) in [5.41, 5.74) is 3.21. The molecule has 0 radical (unpaired) electrons. The number of hydrogen-bond acceptors (Lipinski definition) is 14. The van der Waals surface area contributed by atoms with E-state index < -0.39 is 17.9 Å². The first kappa shape index (κ1) is 62.4. The fourth-order valence-corrected chi connectivity index (χ4v) is 8.22. The van der Waals surface area contributed by atoms with Gasteiger partial charge in [-0.05, 0) is 142 Å². The predicted octanol–water partition coefficient (Wildman–Crippen LogP) is 18.6. The lowest BCUT2D eigenvalue weighted by molar-refractivity contribution is -0.139. The van der Waals surface area contributed by atoms with Crippen LogP contribution in [0.5, 0.6) is 23.0 Å². The number of carbonyl (C=O) groups is 4. The van der Waals surface area contributed by atoms with E-state index in [1.54, 1.807) is 55.5 Å². The number of hydrogen-bond donors (Lipinski definition) is 0. The molecule has 0 aromatic heterocycles. The van der Waals surface area contributed by atoms with Crippen LogP contribution >= 0.6 is 0 Å². The first-order valence-electron chi connectivity index (χ1n) is 28.7. The highest BCUT2D eigenvalue weighted by Gasteiger charge is 2.18. The Labute approximate surface area is 468 Å². The van der Waals surface area contributed by atoms with E-state index in [0.29, 0.717) is 54.6 Å². The van der Waals surface area contributed by atoms with Gasteiger partial charge in [0, 0.05) is 11.6 Å². The maximum Gasteiger partial charge on any atom is 0.343 e. The van der Waals surface area contributed by atoms with Gasteiger partial charge in [0.2, 0.25) is 0 Å². The summed E-state index contributed by atoms with van der Waals surface area (Å²) in [5, 5.41) is 17.3. The van der Waals surface area contributed by atoms with Gasteiger partial charge in [-0.15, -0.1) is 0 Å². The molecular weight excluding hydrogens is 997 g/mol. The first-order valence-corrected chi connectivity index (χ1v) is 28.7. The van der Waals surface area contributed by atoms with E-state index in [-0.39, 0.29) is 40.8 Å². The molecule has 14 heteroatoms. The van der Waals surface area contributed by atoms with Crippen molar-refractivity contribution in [3.05, 3.63) is 144 Å². The van der Waals surface area contributed by atoms with Crippen LogP contribution in [-0.2, 0) is 14.3 Å². The Hall–Kier alpha value is -7.48. The summed E-state index contributed by atoms with van der Waals surface area (Å²) in [4.78, 5) is 52.0. The second-order valence-corrected chi connectivity index (χ2v) is 19.8. The topological polar surface area (TPSA) is 173 Å². The second-order valence-electron chi connectivity index (χ2n) is 19.8. The molecule has 0 aliphatic heterocycles. The summed E-state index contributed by atoms with van der Waals surface area (Å²) >= 11 is 0. The van der Waals surface area contributed by atoms with Crippen molar-refractivity contribution in [2.75, 3.05) is 26.4 Å². The lowest BCUT2D eigenvalue weighted by Crippen LogP contribution is -2.12. The molecule has 422 valence electrons. The molecule has 0 N–H and O–H groups in total. The molecule has 0 aliphatic carbocycles. The average molecular weight is 1080 g/mol. The minimum atomic E-state index is -0.711. The highest BCUT2D eigenvalue weighted by Crippen LogP contribution is 2.28. The normalized spacial score (nSPS) is 11.2. The fraction of sp³-hybridized carbons (Fsp3) is 0.446. The Kier molecular flexibility index (Phi) is 29.5. The van der Waals surface area contributed by atoms with Gasteiger partial charge >= 0.3 is 23.9 Å². The van der Waals surface area contributed by atoms with Crippen molar-refractivity contribution in [2.45, 2.75) is 162 Å². The molecule has 0 saturated heterocycles. The van der Waals surface area contributed by atoms with Crippen LogP contribution in [0.2, 0.25) is 0 Å². The third-order valence-corrected chi connectivity index (χ3v) is 12.9. The Morgan fingerprint density at radius 1 is 0.354 bits per heavy atom. The second kappa shape index (κ2) is 37.4. The monoisotopic (exact) mass is 1080 g/mol. The summed E-state index contributed by atoms with van der Waals surface area (Å²) < 4.78 is 34.1. The van der Waals surface area contributed by atoms with Gasteiger partial charge in [0.25, 0.3) is 0 Å². The molecule has 0 unspecified atom stereocenters. The number of esters is 4. The van der Waals surface area contributed by atoms with Crippen LogP contribution < -0.4 is 18.9 Å². The van der Waals surface area contributed by atoms with Crippen molar-refractivity contribution in [3.8, 4) is 23.0 Å². The zero-order chi connectivity index (χ0) is 56.1. The molecule has 0 amide bonds. The van der Waals surface area contributed by atoms with Gasteiger partial charge in [0.15, 0.2) is 0 Å². The molecule has 5 aromatic carbocycles. The summed E-state index contributed by atoms with van der Waals surface area (Å²) in [7, 11) is 0. The van der Waals surface area contributed by atoms with Gasteiger partial charge in [-0.1, -0.05) is 136 Å². The molecule has 0 aliphatic rings. The highest BCUT2D eigenvalue weighted by atomic mass is 16.6. The van der Waals surface area contributed by atoms with Crippen LogP contribution in [0.25, 0.3) is 0 Å². The summed E-state index contributed by atoms with van der Waals surface area (Å²) in [6, 6.07) is 31.8. The number of benzene rings is 5. The summed E-state index contributed by atoms with van der Waals surface area (Å²) in [5.74, 6) is -0.930. The van der Waals surface area contributed by atoms with Gasteiger partial charge in [-0.3, -0.25) is 0 Å². The zero-order valence-electron chi connectivity index (χ0n) is 46.9. The van der Waals surface area contributed by atoms with Crippen LogP contribution in [0.3, 0.4) is 0 Å². The van der Waals surface area contributed by atoms with Crippen molar-refractivity contribution in [1.82, 2.24) is 0 Å². The molecule has 79 heavy (non-hydrogen) atoms. The molecule has 0 saturated carbocycles. The molecule has 0 spiro atoms. The first-order chi connectivity index (χ1) is 38.6. The van der Waals surface area contributed by atoms with E-state index >= 15 is 0 Å². The Bertz CT molecular complexity index is 2500. The van der Waals surface area contributed by atoms with Gasteiger partial charge < -0.3 is 28.4 Å². The predicted molar refractivity (Wildman–Crippen MR) is 310 cm³/mol. The van der Waals surface area contributed by atoms with E-state index in [0.717, 1.165) is 69.3 Å². The van der Waals surface area contributed by atoms with Gasteiger partial charge in [0.05, 0.1) is 65.9 Å². The lowest BCUT2D eigenvalue weighted by atomic mass is 10.1. The third kappa shape index (κ3) is 25.7. The summed E-state index contributed by atoms with van der Waals surface area (Å²) in [6.07, 6.45) is 24.6. The highest BCUT2D eigenvalue weighted by molar-refractivity contribution is 5.95. The maximum absolute atomic E-state index is 13.5. The van der Waals surface area contributed by atoms with Crippen molar-refractivity contribution in [1.29, 1.82) is 0 Å². The number of carbonyl (C=O) groups excluding carboxylic acids is 4. The molecule has 5 aromatic rings. The van der Waals surface area contributed by atoms with E-state index in [2.05, 4.69) is 40.9 Å². The minimum Gasteiger partial charge on any atom is -0.494 e. The van der Waals surface area contributed by atoms with Crippen molar-refractivity contribution in [2.24, 2.45) is 20.5 Å². The molecule has 0 atom stereocenters. The van der Waals surface area contributed by atoms with Crippen LogP contribution in [-0.4, -0.2) is 50.3 Å². The lowest BCUT2D eigenvalue weighted by Gasteiger charge is -2.11. The van der Waals surface area contributed by atoms with E-state index in [1.165, 1.54) is 95.2 Å². The average Bonchev–Trinajstić information content (AvgIpc) is 3.46. The zero-order valence-corrected chi connectivity index (χ0v) is 46.9. The third-order valence-electron chi connectivity index (χ3n) is 12.9. The van der Waals surface area contributed by atoms with Gasteiger partial charge in [-0.25, -0.2) is 19.2 Å². The minimum absolute atomic E-state index is 0.0293. The number of nitrogens with zero attached hydrogens (tertiary/aromatic N) is 4. The standard InChI is InChI=1S/C65H82N4O10/c1-5-7-9-11-15-19-23-43-74-58-39-35-56(36-40-58)68-66-54-31-27-51(28-32-54)64(72)78-60-47-53(63(71)77-46-26-22-18-14-13-17-21-25-45-76-62(70)50(3)4)48-61(49-60)79-65(73)52-29-33-55(34-30-52)67-69-57-37-41-59(42-38-57)75-44-24-20-16-12-10-8-6-2/h27-42,47-49H,3,5-26,43-46H2,1-2,4H3. The Balaban J connectivity index is 1.14. The molecule has 5 rings (SSSR count). The SMILES string of the molecule is C=C(C)C(=O)OCCCCCCCCCCOC(=O)c1cc(OC(=O)c2ccc(N=Nc3ccc(OCCCCCCCCC)cc3)cc2)cc(OC(=O)c2ccc(N=Nc3ccc(OCCCCCCCCC)cc3)cc2)c1. The van der Waals surface area contributed by atoms with Crippen molar-refractivity contribution < 1.29 is 47.6 Å². The smallest absolute Gasteiger partial charge is 0.343 e. The van der Waals surface area contributed by atoms with Crippen LogP contribution in [0.1, 0.15) is 193 Å². The quantitative estimate of drug-likeness (QED) is 0.0121. The fourth-order valence-electron chi connectivity index (χ4n) is 8.22. The number of unbranched alkanes of at least 4 members (excludes halogenated alkanes) is 19. The largest absolute Gasteiger partial charge is 0.494 e. The molecular formula is C65H82N4O10. The van der Waals surface area contributed by atoms with Crippen molar-refractivity contribution >= 4 is 46.6 Å².